The Balaban J connectivity index is 1.93. The third-order valence-corrected chi connectivity index (χ3v) is 3.26. The van der Waals surface area contributed by atoms with E-state index in [0.717, 1.165) is 6.42 Å². The molecule has 0 aliphatic carbocycles. The van der Waals surface area contributed by atoms with Gasteiger partial charge in [0.15, 0.2) is 6.29 Å². The van der Waals surface area contributed by atoms with Gasteiger partial charge >= 0.3 is 5.69 Å². The molecule has 0 amide bonds. The molecule has 0 saturated carbocycles. The zero-order valence-electron chi connectivity index (χ0n) is 10.2. The fourth-order valence-corrected chi connectivity index (χ4v) is 2.21. The summed E-state index contributed by atoms with van der Waals surface area (Å²) in [6.45, 7) is 1.66. The van der Waals surface area contributed by atoms with E-state index in [1.54, 1.807) is 12.1 Å². The van der Waals surface area contributed by atoms with Gasteiger partial charge < -0.3 is 14.2 Å². The molecule has 0 radical (unpaired) electrons. The summed E-state index contributed by atoms with van der Waals surface area (Å²) in [7, 11) is 0. The maximum Gasteiger partial charge on any atom is 0.312 e. The molecule has 1 aromatic carbocycles. The van der Waals surface area contributed by atoms with Gasteiger partial charge in [-0.05, 0) is 28.4 Å². The average molecular weight is 332 g/mol. The molecule has 1 aliphatic rings. The first kappa shape index (κ1) is 14.2. The van der Waals surface area contributed by atoms with Gasteiger partial charge in [0.2, 0.25) is 5.75 Å². The Bertz CT molecular complexity index is 448. The van der Waals surface area contributed by atoms with Crippen molar-refractivity contribution < 1.29 is 19.1 Å². The van der Waals surface area contributed by atoms with Crippen molar-refractivity contribution >= 4 is 21.6 Å². The molecule has 0 aromatic heterocycles. The van der Waals surface area contributed by atoms with Crippen LogP contribution in [0.3, 0.4) is 0 Å². The maximum atomic E-state index is 10.9. The smallest absolute Gasteiger partial charge is 0.312 e. The molecule has 0 spiro atoms. The molecule has 7 heteroatoms. The van der Waals surface area contributed by atoms with Crippen LogP contribution < -0.4 is 4.74 Å². The molecule has 6 nitrogen and oxygen atoms in total. The number of nitro benzene ring substituents is 1. The van der Waals surface area contributed by atoms with Crippen LogP contribution in [0, 0.1) is 10.1 Å². The second kappa shape index (κ2) is 6.83. The van der Waals surface area contributed by atoms with Crippen LogP contribution in [-0.4, -0.2) is 31.0 Å². The second-order valence-electron chi connectivity index (χ2n) is 4.01. The standard InChI is InChI=1S/C12H14BrNO5/c13-9-3-1-4-10(14(15)16)12(9)19-8-5-11-17-6-2-7-18-11/h1,3-4,11H,2,5-8H2. The van der Waals surface area contributed by atoms with E-state index in [1.807, 2.05) is 0 Å². The molecule has 2 rings (SSSR count). The third-order valence-electron chi connectivity index (χ3n) is 2.64. The highest BCUT2D eigenvalue weighted by Crippen LogP contribution is 2.34. The molecule has 1 aliphatic heterocycles. The van der Waals surface area contributed by atoms with Gasteiger partial charge in [-0.3, -0.25) is 10.1 Å². The Hall–Kier alpha value is -1.18. The Morgan fingerprint density at radius 2 is 2.16 bits per heavy atom. The summed E-state index contributed by atoms with van der Waals surface area (Å²) in [5.41, 5.74) is -0.0557. The lowest BCUT2D eigenvalue weighted by Crippen LogP contribution is -2.26. The van der Waals surface area contributed by atoms with Gasteiger partial charge in [0.1, 0.15) is 0 Å². The summed E-state index contributed by atoms with van der Waals surface area (Å²) in [4.78, 5) is 10.4. The Kier molecular flexibility index (Phi) is 5.12. The van der Waals surface area contributed by atoms with Crippen LogP contribution in [-0.2, 0) is 9.47 Å². The quantitative estimate of drug-likeness (QED) is 0.612. The monoisotopic (exact) mass is 331 g/mol. The summed E-state index contributed by atoms with van der Waals surface area (Å²) in [6.07, 6.45) is 1.15. The number of para-hydroxylation sites is 1. The number of nitro groups is 1. The number of rotatable bonds is 5. The van der Waals surface area contributed by atoms with Crippen LogP contribution in [0.4, 0.5) is 5.69 Å². The highest BCUT2D eigenvalue weighted by Gasteiger charge is 2.19. The lowest BCUT2D eigenvalue weighted by molar-refractivity contribution is -0.386. The van der Waals surface area contributed by atoms with Gasteiger partial charge in [-0.1, -0.05) is 6.07 Å². The van der Waals surface area contributed by atoms with E-state index in [4.69, 9.17) is 14.2 Å². The number of nitrogens with zero attached hydrogens (tertiary/aromatic N) is 1. The number of hydrogen-bond donors (Lipinski definition) is 0. The van der Waals surface area contributed by atoms with Crippen LogP contribution in [0.25, 0.3) is 0 Å². The Morgan fingerprint density at radius 3 is 2.84 bits per heavy atom. The van der Waals surface area contributed by atoms with Gasteiger partial charge in [0, 0.05) is 12.5 Å². The normalized spacial score (nSPS) is 16.3. The van der Waals surface area contributed by atoms with E-state index in [1.165, 1.54) is 6.07 Å². The Labute approximate surface area is 118 Å². The molecule has 104 valence electrons. The second-order valence-corrected chi connectivity index (χ2v) is 4.86. The minimum Gasteiger partial charge on any atom is -0.486 e. The van der Waals surface area contributed by atoms with Crippen molar-refractivity contribution in [1.29, 1.82) is 0 Å². The molecule has 0 bridgehead atoms. The number of halogens is 1. The molecule has 0 N–H and O–H groups in total. The highest BCUT2D eigenvalue weighted by molar-refractivity contribution is 9.10. The largest absolute Gasteiger partial charge is 0.486 e. The van der Waals surface area contributed by atoms with E-state index in [2.05, 4.69) is 15.9 Å². The molecule has 1 heterocycles. The first-order valence-corrected chi connectivity index (χ1v) is 6.76. The minimum atomic E-state index is -0.465. The third kappa shape index (κ3) is 3.89. The van der Waals surface area contributed by atoms with Crippen molar-refractivity contribution in [1.82, 2.24) is 0 Å². The van der Waals surface area contributed by atoms with Crippen molar-refractivity contribution in [2.24, 2.45) is 0 Å². The van der Waals surface area contributed by atoms with Crippen molar-refractivity contribution in [2.45, 2.75) is 19.1 Å². The zero-order chi connectivity index (χ0) is 13.7. The molecule has 0 unspecified atom stereocenters. The van der Waals surface area contributed by atoms with Crippen LogP contribution in [0.2, 0.25) is 0 Å². The topological polar surface area (TPSA) is 70.8 Å². The predicted molar refractivity (Wildman–Crippen MR) is 71.2 cm³/mol. The zero-order valence-corrected chi connectivity index (χ0v) is 11.8. The van der Waals surface area contributed by atoms with Crippen LogP contribution in [0.1, 0.15) is 12.8 Å². The molecule has 19 heavy (non-hydrogen) atoms. The lowest BCUT2D eigenvalue weighted by atomic mass is 10.3. The summed E-state index contributed by atoms with van der Waals surface area (Å²) in [6, 6.07) is 4.71. The molecule has 1 saturated heterocycles. The summed E-state index contributed by atoms with van der Waals surface area (Å²) < 4.78 is 16.8. The maximum absolute atomic E-state index is 10.9. The highest BCUT2D eigenvalue weighted by atomic mass is 79.9. The summed E-state index contributed by atoms with van der Waals surface area (Å²) >= 11 is 3.25. The SMILES string of the molecule is O=[N+]([O-])c1cccc(Br)c1OCCC1OCCCO1. The Morgan fingerprint density at radius 1 is 1.42 bits per heavy atom. The molecule has 1 fully saturated rings. The van der Waals surface area contributed by atoms with Crippen LogP contribution in [0.15, 0.2) is 22.7 Å². The van der Waals surface area contributed by atoms with E-state index in [-0.39, 0.29) is 17.7 Å². The predicted octanol–water partition coefficient (Wildman–Crippen LogP) is 2.89. The molecule has 1 aromatic rings. The summed E-state index contributed by atoms with van der Waals surface area (Å²) in [5.74, 6) is 0.239. The van der Waals surface area contributed by atoms with Gasteiger partial charge in [0.05, 0.1) is 29.2 Å². The van der Waals surface area contributed by atoms with Crippen molar-refractivity contribution in [2.75, 3.05) is 19.8 Å². The summed E-state index contributed by atoms with van der Waals surface area (Å²) in [5, 5.41) is 10.9. The van der Waals surface area contributed by atoms with E-state index in [0.29, 0.717) is 30.7 Å². The van der Waals surface area contributed by atoms with Crippen LogP contribution >= 0.6 is 15.9 Å². The van der Waals surface area contributed by atoms with Crippen molar-refractivity contribution in [3.63, 3.8) is 0 Å². The first-order valence-electron chi connectivity index (χ1n) is 5.97. The van der Waals surface area contributed by atoms with Gasteiger partial charge in [-0.15, -0.1) is 0 Å². The van der Waals surface area contributed by atoms with E-state index < -0.39 is 4.92 Å². The minimum absolute atomic E-state index is 0.0557. The molecular weight excluding hydrogens is 318 g/mol. The van der Waals surface area contributed by atoms with E-state index >= 15 is 0 Å². The number of ether oxygens (including phenoxy) is 3. The van der Waals surface area contributed by atoms with Crippen molar-refractivity contribution in [3.8, 4) is 5.75 Å². The fourth-order valence-electron chi connectivity index (χ4n) is 1.74. The number of benzene rings is 1. The van der Waals surface area contributed by atoms with Gasteiger partial charge in [-0.2, -0.15) is 0 Å². The lowest BCUT2D eigenvalue weighted by Gasteiger charge is -2.23. The van der Waals surface area contributed by atoms with Crippen LogP contribution in [0.5, 0.6) is 5.75 Å². The van der Waals surface area contributed by atoms with Gasteiger partial charge in [0.25, 0.3) is 0 Å². The molecular formula is C12H14BrNO5. The first-order chi connectivity index (χ1) is 9.18. The van der Waals surface area contributed by atoms with Gasteiger partial charge in [-0.25, -0.2) is 0 Å². The number of hydrogen-bond acceptors (Lipinski definition) is 5. The average Bonchev–Trinajstić information content (AvgIpc) is 2.41. The fraction of sp³-hybridized carbons (Fsp3) is 0.500. The van der Waals surface area contributed by atoms with Crippen molar-refractivity contribution in [3.05, 3.63) is 32.8 Å². The molecule has 0 atom stereocenters. The van der Waals surface area contributed by atoms with E-state index in [9.17, 15) is 10.1 Å².